The normalized spacial score (nSPS) is 30.6. The van der Waals surface area contributed by atoms with Crippen LogP contribution >= 0.6 is 0 Å². The molecular formula is C21H26N2O3. The van der Waals surface area contributed by atoms with Crippen LogP contribution in [0, 0.1) is 11.8 Å². The van der Waals surface area contributed by atoms with E-state index < -0.39 is 0 Å². The molecule has 1 N–H and O–H groups in total. The molecule has 3 aliphatic rings. The topological polar surface area (TPSA) is 54.6 Å². The summed E-state index contributed by atoms with van der Waals surface area (Å²) in [5, 5.41) is 1.34. The Morgan fingerprint density at radius 2 is 2.23 bits per heavy atom. The van der Waals surface area contributed by atoms with Crippen molar-refractivity contribution in [3.8, 4) is 0 Å². The van der Waals surface area contributed by atoms with Gasteiger partial charge >= 0.3 is 5.97 Å². The Balaban J connectivity index is 0.00000180. The summed E-state index contributed by atoms with van der Waals surface area (Å²) < 4.78 is 10.8. The summed E-state index contributed by atoms with van der Waals surface area (Å²) in [5.74, 6) is 0.258. The van der Waals surface area contributed by atoms with Crippen LogP contribution in [0.25, 0.3) is 10.9 Å². The van der Waals surface area contributed by atoms with Gasteiger partial charge in [-0.25, -0.2) is 4.79 Å². The fourth-order valence-electron chi connectivity index (χ4n) is 5.19. The number of nitrogens with one attached hydrogen (secondary N) is 1. The Labute approximate surface area is 154 Å². The molecule has 0 spiro atoms. The van der Waals surface area contributed by atoms with Crippen molar-refractivity contribution in [3.63, 3.8) is 0 Å². The van der Waals surface area contributed by atoms with E-state index in [0.717, 1.165) is 25.9 Å². The van der Waals surface area contributed by atoms with Gasteiger partial charge in [0.2, 0.25) is 0 Å². The lowest BCUT2D eigenvalue weighted by Gasteiger charge is -2.49. The standard InChI is InChI=1S/C21H24N2O3.H2/c1-12-16-10-23-8-7-14-13-5-3-4-6-18(13)22-20(14)19(23)9-15(16)17(11-26-12)21(24)25-2;/h3-6,11-12,15-16,19,22H,7-10H2,1-2H3;1H/t12-,15-,16?,19-;/m1./s1. The summed E-state index contributed by atoms with van der Waals surface area (Å²) in [6.07, 6.45) is 3.77. The first-order chi connectivity index (χ1) is 12.7. The molecule has 5 rings (SSSR count). The Bertz CT molecular complexity index is 906. The van der Waals surface area contributed by atoms with E-state index in [1.54, 1.807) is 6.26 Å². The van der Waals surface area contributed by atoms with Crippen LogP contribution in [0.3, 0.4) is 0 Å². The van der Waals surface area contributed by atoms with Crippen LogP contribution in [0.2, 0.25) is 0 Å². The Morgan fingerprint density at radius 1 is 1.38 bits per heavy atom. The van der Waals surface area contributed by atoms with Crippen molar-refractivity contribution in [2.75, 3.05) is 20.2 Å². The fourth-order valence-corrected chi connectivity index (χ4v) is 5.19. The van der Waals surface area contributed by atoms with Crippen molar-refractivity contribution in [2.45, 2.75) is 31.9 Å². The predicted octanol–water partition coefficient (Wildman–Crippen LogP) is 3.42. The van der Waals surface area contributed by atoms with Crippen LogP contribution in [-0.2, 0) is 20.7 Å². The van der Waals surface area contributed by atoms with Crippen LogP contribution < -0.4 is 0 Å². The van der Waals surface area contributed by atoms with Crippen molar-refractivity contribution < 1.29 is 15.7 Å². The number of fused-ring (bicyclic) bond motifs is 6. The van der Waals surface area contributed by atoms with Crippen LogP contribution in [0.5, 0.6) is 0 Å². The number of hydrogen-bond donors (Lipinski definition) is 1. The molecular weight excluding hydrogens is 328 g/mol. The predicted molar refractivity (Wildman–Crippen MR) is 101 cm³/mol. The van der Waals surface area contributed by atoms with E-state index in [9.17, 15) is 4.79 Å². The van der Waals surface area contributed by atoms with E-state index in [2.05, 4.69) is 41.1 Å². The lowest BCUT2D eigenvalue weighted by Crippen LogP contribution is -2.51. The number of ether oxygens (including phenoxy) is 2. The number of aromatic nitrogens is 1. The Morgan fingerprint density at radius 3 is 3.08 bits per heavy atom. The smallest absolute Gasteiger partial charge is 0.337 e. The first-order valence-corrected chi connectivity index (χ1v) is 9.44. The highest BCUT2D eigenvalue weighted by Gasteiger charge is 2.46. The second-order valence-electron chi connectivity index (χ2n) is 7.74. The van der Waals surface area contributed by atoms with Gasteiger partial charge in [0.1, 0.15) is 0 Å². The van der Waals surface area contributed by atoms with E-state index in [4.69, 9.17) is 9.47 Å². The molecule has 1 saturated heterocycles. The van der Waals surface area contributed by atoms with Crippen LogP contribution in [-0.4, -0.2) is 42.2 Å². The van der Waals surface area contributed by atoms with Gasteiger partial charge in [-0.3, -0.25) is 4.90 Å². The molecule has 4 heterocycles. The molecule has 1 aromatic heterocycles. The molecule has 1 unspecified atom stereocenters. The summed E-state index contributed by atoms with van der Waals surface area (Å²) in [6, 6.07) is 8.88. The van der Waals surface area contributed by atoms with Crippen molar-refractivity contribution in [1.82, 2.24) is 9.88 Å². The van der Waals surface area contributed by atoms with E-state index >= 15 is 0 Å². The molecule has 138 valence electrons. The molecule has 26 heavy (non-hydrogen) atoms. The van der Waals surface area contributed by atoms with Crippen molar-refractivity contribution in [2.24, 2.45) is 11.8 Å². The molecule has 4 atom stereocenters. The fraction of sp³-hybridized carbons (Fsp3) is 0.476. The van der Waals surface area contributed by atoms with Gasteiger partial charge in [-0.2, -0.15) is 0 Å². The highest BCUT2D eigenvalue weighted by atomic mass is 16.5. The maximum atomic E-state index is 12.3. The third-order valence-electron chi connectivity index (χ3n) is 6.54. The molecule has 1 fully saturated rings. The molecule has 5 heteroatoms. The van der Waals surface area contributed by atoms with Gasteiger partial charge < -0.3 is 14.5 Å². The number of piperidine rings is 1. The highest BCUT2D eigenvalue weighted by molar-refractivity contribution is 5.89. The van der Waals surface area contributed by atoms with Gasteiger partial charge in [0, 0.05) is 42.9 Å². The first-order valence-electron chi connectivity index (χ1n) is 9.44. The second kappa shape index (κ2) is 5.88. The molecule has 0 aliphatic carbocycles. The van der Waals surface area contributed by atoms with E-state index in [1.807, 2.05) is 0 Å². The molecule has 0 saturated carbocycles. The highest BCUT2D eigenvalue weighted by Crippen LogP contribution is 2.47. The quantitative estimate of drug-likeness (QED) is 0.797. The number of esters is 1. The number of para-hydroxylation sites is 1. The molecule has 2 aromatic rings. The lowest BCUT2D eigenvalue weighted by atomic mass is 9.72. The summed E-state index contributed by atoms with van der Waals surface area (Å²) in [5.41, 5.74) is 4.69. The number of methoxy groups -OCH3 is 1. The van der Waals surface area contributed by atoms with Crippen molar-refractivity contribution in [3.05, 3.63) is 47.4 Å². The third-order valence-corrected chi connectivity index (χ3v) is 6.54. The zero-order valence-corrected chi connectivity index (χ0v) is 15.2. The van der Waals surface area contributed by atoms with Gasteiger partial charge in [-0.1, -0.05) is 18.2 Å². The van der Waals surface area contributed by atoms with E-state index in [0.29, 0.717) is 17.5 Å². The minimum Gasteiger partial charge on any atom is -0.497 e. The number of benzene rings is 1. The monoisotopic (exact) mass is 354 g/mol. The van der Waals surface area contributed by atoms with Gasteiger partial charge in [0.05, 0.1) is 31.1 Å². The summed E-state index contributed by atoms with van der Waals surface area (Å²) >= 11 is 0. The average molecular weight is 354 g/mol. The largest absolute Gasteiger partial charge is 0.497 e. The van der Waals surface area contributed by atoms with Crippen LogP contribution in [0.1, 0.15) is 32.1 Å². The number of H-pyrrole nitrogens is 1. The second-order valence-corrected chi connectivity index (χ2v) is 7.74. The molecule has 0 amide bonds. The number of carbonyl (C=O) groups is 1. The zero-order chi connectivity index (χ0) is 17.8. The zero-order valence-electron chi connectivity index (χ0n) is 15.2. The third kappa shape index (κ3) is 2.23. The van der Waals surface area contributed by atoms with E-state index in [1.165, 1.54) is 29.3 Å². The summed E-state index contributed by atoms with van der Waals surface area (Å²) in [4.78, 5) is 18.5. The van der Waals surface area contributed by atoms with Crippen LogP contribution in [0.15, 0.2) is 36.1 Å². The summed E-state index contributed by atoms with van der Waals surface area (Å²) in [7, 11) is 1.45. The van der Waals surface area contributed by atoms with Crippen LogP contribution in [0.4, 0.5) is 0 Å². The summed E-state index contributed by atoms with van der Waals surface area (Å²) in [6.45, 7) is 4.13. The molecule has 0 radical (unpaired) electrons. The molecule has 0 bridgehead atoms. The van der Waals surface area contributed by atoms with Gasteiger partial charge in [0.25, 0.3) is 0 Å². The number of carbonyl (C=O) groups excluding carboxylic acids is 1. The first kappa shape index (κ1) is 15.9. The molecule has 3 aliphatic heterocycles. The SMILES string of the molecule is COC(=O)C1=CO[C@H](C)C2CN3CCc4c([nH]c5ccccc45)[C@H]3C[C@@H]12.[HH]. The van der Waals surface area contributed by atoms with Crippen molar-refractivity contribution in [1.29, 1.82) is 0 Å². The molecule has 1 aromatic carbocycles. The number of aromatic amines is 1. The lowest BCUT2D eigenvalue weighted by molar-refractivity contribution is -0.139. The van der Waals surface area contributed by atoms with Crippen molar-refractivity contribution >= 4 is 16.9 Å². The van der Waals surface area contributed by atoms with Gasteiger partial charge in [-0.15, -0.1) is 0 Å². The molecule has 5 nitrogen and oxygen atoms in total. The number of nitrogens with zero attached hydrogens (tertiary/aromatic N) is 1. The number of hydrogen-bond acceptors (Lipinski definition) is 4. The van der Waals surface area contributed by atoms with E-state index in [-0.39, 0.29) is 19.4 Å². The minimum absolute atomic E-state index is 0. The average Bonchev–Trinajstić information content (AvgIpc) is 3.06. The van der Waals surface area contributed by atoms with Gasteiger partial charge in [-0.05, 0) is 31.4 Å². The Hall–Kier alpha value is -2.27. The maximum Gasteiger partial charge on any atom is 0.337 e. The maximum absolute atomic E-state index is 12.3. The van der Waals surface area contributed by atoms with Gasteiger partial charge in [0.15, 0.2) is 0 Å². The Kier molecular flexibility index (Phi) is 3.60. The number of rotatable bonds is 1. The minimum atomic E-state index is -0.256.